The Morgan fingerprint density at radius 1 is 1.12 bits per heavy atom. The number of carbonyl (C=O) groups excluding carboxylic acids is 2. The summed E-state index contributed by atoms with van der Waals surface area (Å²) in [5.74, 6) is -0.990. The quantitative estimate of drug-likeness (QED) is 0.696. The van der Waals surface area contributed by atoms with Crippen LogP contribution in [0.4, 0.5) is 10.1 Å². The Bertz CT molecular complexity index is 856. The number of halogens is 1. The lowest BCUT2D eigenvalue weighted by Crippen LogP contribution is -2.21. The number of fused-ring (bicyclic) bond motifs is 1. The minimum Gasteiger partial charge on any atom is -0.456 e. The molecule has 2 aromatic carbocycles. The van der Waals surface area contributed by atoms with Gasteiger partial charge >= 0.3 is 5.97 Å². The van der Waals surface area contributed by atoms with Gasteiger partial charge in [0.2, 0.25) is 0 Å². The van der Waals surface area contributed by atoms with Crippen LogP contribution in [0.2, 0.25) is 0 Å². The standard InChI is InChI=1S/C18H15FN2O4/c19-12-5-7-13(8-6-12)20-16(22)11-24-18(23)10-9-17-21-14-3-1-2-4-15(14)25-17/h1-8H,9-11H2,(H,20,22). The third-order valence-corrected chi connectivity index (χ3v) is 3.37. The van der Waals surface area contributed by atoms with Crippen LogP contribution in [0.25, 0.3) is 11.1 Å². The highest BCUT2D eigenvalue weighted by atomic mass is 19.1. The molecule has 3 rings (SSSR count). The first-order chi connectivity index (χ1) is 12.1. The second-order valence-electron chi connectivity index (χ2n) is 5.29. The normalized spacial score (nSPS) is 10.6. The fourth-order valence-electron chi connectivity index (χ4n) is 2.18. The molecule has 6 nitrogen and oxygen atoms in total. The topological polar surface area (TPSA) is 81.4 Å². The third kappa shape index (κ3) is 4.63. The maximum Gasteiger partial charge on any atom is 0.306 e. The van der Waals surface area contributed by atoms with Crippen LogP contribution < -0.4 is 5.32 Å². The van der Waals surface area contributed by atoms with Crippen LogP contribution in [0.15, 0.2) is 52.9 Å². The number of amides is 1. The number of hydrogen-bond acceptors (Lipinski definition) is 5. The van der Waals surface area contributed by atoms with Gasteiger partial charge in [-0.3, -0.25) is 9.59 Å². The number of nitrogens with one attached hydrogen (secondary N) is 1. The maximum atomic E-state index is 12.8. The first kappa shape index (κ1) is 16.6. The van der Waals surface area contributed by atoms with Gasteiger partial charge in [0.15, 0.2) is 18.1 Å². The number of aryl methyl sites for hydroxylation is 1. The van der Waals surface area contributed by atoms with Crippen LogP contribution in [-0.2, 0) is 20.7 Å². The number of esters is 1. The Morgan fingerprint density at radius 2 is 1.88 bits per heavy atom. The van der Waals surface area contributed by atoms with Crippen molar-refractivity contribution < 1.29 is 23.1 Å². The molecule has 1 N–H and O–H groups in total. The van der Waals surface area contributed by atoms with Crippen molar-refractivity contribution in [3.8, 4) is 0 Å². The van der Waals surface area contributed by atoms with E-state index < -0.39 is 24.3 Å². The van der Waals surface area contributed by atoms with E-state index in [1.54, 1.807) is 6.07 Å². The van der Waals surface area contributed by atoms with Gasteiger partial charge in [-0.25, -0.2) is 9.37 Å². The molecule has 0 radical (unpaired) electrons. The maximum absolute atomic E-state index is 12.8. The highest BCUT2D eigenvalue weighted by Gasteiger charge is 2.11. The van der Waals surface area contributed by atoms with Gasteiger partial charge < -0.3 is 14.5 Å². The van der Waals surface area contributed by atoms with Gasteiger partial charge in [-0.15, -0.1) is 0 Å². The number of aromatic nitrogens is 1. The zero-order chi connectivity index (χ0) is 17.6. The molecule has 1 amide bonds. The fourth-order valence-corrected chi connectivity index (χ4v) is 2.18. The Kier molecular flexibility index (Phi) is 5.03. The highest BCUT2D eigenvalue weighted by Crippen LogP contribution is 2.15. The van der Waals surface area contributed by atoms with Gasteiger partial charge in [-0.05, 0) is 36.4 Å². The molecule has 0 aliphatic heterocycles. The Hall–Kier alpha value is -3.22. The number of ether oxygens (including phenoxy) is 1. The Balaban J connectivity index is 1.43. The number of oxazole rings is 1. The van der Waals surface area contributed by atoms with Crippen LogP contribution in [0.1, 0.15) is 12.3 Å². The predicted molar refractivity (Wildman–Crippen MR) is 88.3 cm³/mol. The van der Waals surface area contributed by atoms with Gasteiger partial charge in [0.25, 0.3) is 5.91 Å². The van der Waals surface area contributed by atoms with Crippen LogP contribution >= 0.6 is 0 Å². The molecular formula is C18H15FN2O4. The molecule has 0 fully saturated rings. The lowest BCUT2D eigenvalue weighted by molar-refractivity contribution is -0.147. The fraction of sp³-hybridized carbons (Fsp3) is 0.167. The van der Waals surface area contributed by atoms with Crippen molar-refractivity contribution >= 4 is 28.7 Å². The molecule has 0 bridgehead atoms. The minimum absolute atomic E-state index is 0.0522. The van der Waals surface area contributed by atoms with Crippen molar-refractivity contribution in [1.29, 1.82) is 0 Å². The zero-order valence-electron chi connectivity index (χ0n) is 13.2. The van der Waals surface area contributed by atoms with E-state index >= 15 is 0 Å². The van der Waals surface area contributed by atoms with E-state index in [1.165, 1.54) is 24.3 Å². The van der Waals surface area contributed by atoms with Crippen molar-refractivity contribution in [3.63, 3.8) is 0 Å². The van der Waals surface area contributed by atoms with Gasteiger partial charge in [0.1, 0.15) is 11.3 Å². The number of hydrogen-bond donors (Lipinski definition) is 1. The lowest BCUT2D eigenvalue weighted by Gasteiger charge is -2.06. The first-order valence-corrected chi connectivity index (χ1v) is 7.65. The summed E-state index contributed by atoms with van der Waals surface area (Å²) in [7, 11) is 0. The average molecular weight is 342 g/mol. The molecule has 7 heteroatoms. The van der Waals surface area contributed by atoms with E-state index in [-0.39, 0.29) is 12.8 Å². The summed E-state index contributed by atoms with van der Waals surface area (Å²) in [4.78, 5) is 27.7. The molecular weight excluding hydrogens is 327 g/mol. The molecule has 1 heterocycles. The van der Waals surface area contributed by atoms with Gasteiger partial charge in [0, 0.05) is 12.1 Å². The summed E-state index contributed by atoms with van der Waals surface area (Å²) in [5, 5.41) is 2.50. The number of carbonyl (C=O) groups is 2. The summed E-state index contributed by atoms with van der Waals surface area (Å²) in [6, 6.07) is 12.6. The van der Waals surface area contributed by atoms with E-state index in [9.17, 15) is 14.0 Å². The first-order valence-electron chi connectivity index (χ1n) is 7.65. The minimum atomic E-state index is -0.531. The van der Waals surface area contributed by atoms with E-state index in [1.807, 2.05) is 18.2 Å². The molecule has 0 atom stereocenters. The average Bonchev–Trinajstić information content (AvgIpc) is 3.03. The van der Waals surface area contributed by atoms with Gasteiger partial charge in [-0.1, -0.05) is 12.1 Å². The number of rotatable bonds is 6. The largest absolute Gasteiger partial charge is 0.456 e. The summed E-state index contributed by atoms with van der Waals surface area (Å²) >= 11 is 0. The number of benzene rings is 2. The Morgan fingerprint density at radius 3 is 2.64 bits per heavy atom. The third-order valence-electron chi connectivity index (χ3n) is 3.37. The highest BCUT2D eigenvalue weighted by molar-refractivity contribution is 5.92. The molecule has 128 valence electrons. The van der Waals surface area contributed by atoms with Crippen LogP contribution in [0, 0.1) is 5.82 Å². The van der Waals surface area contributed by atoms with Crippen molar-refractivity contribution in [2.45, 2.75) is 12.8 Å². The molecule has 0 aliphatic carbocycles. The van der Waals surface area contributed by atoms with Crippen LogP contribution in [0.3, 0.4) is 0 Å². The van der Waals surface area contributed by atoms with Crippen molar-refractivity contribution in [3.05, 3.63) is 60.2 Å². The van der Waals surface area contributed by atoms with Gasteiger partial charge in [0.05, 0.1) is 6.42 Å². The predicted octanol–water partition coefficient (Wildman–Crippen LogP) is 3.08. The lowest BCUT2D eigenvalue weighted by atomic mass is 10.3. The van der Waals surface area contributed by atoms with E-state index in [0.717, 1.165) is 5.52 Å². The SMILES string of the molecule is O=C(COC(=O)CCc1nc2ccccc2o1)Nc1ccc(F)cc1. The van der Waals surface area contributed by atoms with Crippen molar-refractivity contribution in [2.75, 3.05) is 11.9 Å². The molecule has 0 aliphatic rings. The second kappa shape index (κ2) is 7.57. The summed E-state index contributed by atoms with van der Waals surface area (Å²) in [6.07, 6.45) is 0.337. The molecule has 25 heavy (non-hydrogen) atoms. The molecule has 0 saturated heterocycles. The summed E-state index contributed by atoms with van der Waals surface area (Å²) in [6.45, 7) is -0.413. The number of nitrogens with zero attached hydrogens (tertiary/aromatic N) is 1. The summed E-state index contributed by atoms with van der Waals surface area (Å²) < 4.78 is 23.2. The smallest absolute Gasteiger partial charge is 0.306 e. The molecule has 0 spiro atoms. The van der Waals surface area contributed by atoms with E-state index in [4.69, 9.17) is 9.15 Å². The number of para-hydroxylation sites is 2. The van der Waals surface area contributed by atoms with Gasteiger partial charge in [-0.2, -0.15) is 0 Å². The van der Waals surface area contributed by atoms with E-state index in [0.29, 0.717) is 17.2 Å². The van der Waals surface area contributed by atoms with Crippen molar-refractivity contribution in [2.24, 2.45) is 0 Å². The zero-order valence-corrected chi connectivity index (χ0v) is 13.2. The van der Waals surface area contributed by atoms with Crippen LogP contribution in [0.5, 0.6) is 0 Å². The van der Waals surface area contributed by atoms with Crippen molar-refractivity contribution in [1.82, 2.24) is 4.98 Å². The molecule has 0 saturated carbocycles. The molecule has 0 unspecified atom stereocenters. The van der Waals surface area contributed by atoms with E-state index in [2.05, 4.69) is 10.3 Å². The second-order valence-corrected chi connectivity index (χ2v) is 5.29. The van der Waals surface area contributed by atoms with Crippen LogP contribution in [-0.4, -0.2) is 23.5 Å². The molecule has 3 aromatic rings. The molecule has 1 aromatic heterocycles. The Labute approximate surface area is 142 Å². The number of anilines is 1. The monoisotopic (exact) mass is 342 g/mol. The summed E-state index contributed by atoms with van der Waals surface area (Å²) in [5.41, 5.74) is 1.81.